The van der Waals surface area contributed by atoms with E-state index in [2.05, 4.69) is 53.0 Å². The molecule has 0 aliphatic rings. The van der Waals surface area contributed by atoms with Crippen molar-refractivity contribution in [2.75, 3.05) is 0 Å². The SMILES string of the molecule is Cc1c(C(=O)CC(C)C)nc2ccc(Br)cc2c1-c1ccccc1. The number of carbonyl (C=O) groups is 1. The van der Waals surface area contributed by atoms with Crippen LogP contribution in [0.1, 0.15) is 36.3 Å². The molecule has 1 aromatic heterocycles. The molecule has 0 fully saturated rings. The average molecular weight is 382 g/mol. The lowest BCUT2D eigenvalue weighted by atomic mass is 9.92. The molecule has 0 amide bonds. The molecule has 2 aromatic carbocycles. The molecular weight excluding hydrogens is 362 g/mol. The van der Waals surface area contributed by atoms with Gasteiger partial charge in [0.25, 0.3) is 0 Å². The molecule has 0 saturated heterocycles. The summed E-state index contributed by atoms with van der Waals surface area (Å²) in [6.07, 6.45) is 0.518. The molecule has 0 bridgehead atoms. The van der Waals surface area contributed by atoms with E-state index in [4.69, 9.17) is 0 Å². The number of hydrogen-bond acceptors (Lipinski definition) is 2. The van der Waals surface area contributed by atoms with Gasteiger partial charge in [0, 0.05) is 16.3 Å². The molecule has 0 radical (unpaired) electrons. The Morgan fingerprint density at radius 2 is 1.83 bits per heavy atom. The van der Waals surface area contributed by atoms with Crippen LogP contribution in [-0.2, 0) is 0 Å². The van der Waals surface area contributed by atoms with Crippen molar-refractivity contribution in [3.05, 3.63) is 64.3 Å². The number of aromatic nitrogens is 1. The highest BCUT2D eigenvalue weighted by Gasteiger charge is 2.19. The topological polar surface area (TPSA) is 30.0 Å². The molecule has 1 heterocycles. The van der Waals surface area contributed by atoms with Crippen LogP contribution < -0.4 is 0 Å². The summed E-state index contributed by atoms with van der Waals surface area (Å²) in [5.41, 5.74) is 4.61. The van der Waals surface area contributed by atoms with Gasteiger partial charge >= 0.3 is 0 Å². The largest absolute Gasteiger partial charge is 0.292 e. The minimum Gasteiger partial charge on any atom is -0.292 e. The third-order valence-electron chi connectivity index (χ3n) is 4.11. The zero-order chi connectivity index (χ0) is 17.3. The fourth-order valence-electron chi connectivity index (χ4n) is 3.05. The van der Waals surface area contributed by atoms with Crippen LogP contribution in [0.25, 0.3) is 22.0 Å². The Hall–Kier alpha value is -2.00. The number of pyridine rings is 1. The fraction of sp³-hybridized carbons (Fsp3) is 0.238. The molecule has 0 aliphatic carbocycles. The number of ketones is 1. The highest BCUT2D eigenvalue weighted by Crippen LogP contribution is 2.34. The molecule has 24 heavy (non-hydrogen) atoms. The number of rotatable bonds is 4. The Balaban J connectivity index is 2.32. The summed E-state index contributed by atoms with van der Waals surface area (Å²) in [5, 5.41) is 1.06. The molecule has 0 aliphatic heterocycles. The Kier molecular flexibility index (Phi) is 4.81. The third-order valence-corrected chi connectivity index (χ3v) is 4.60. The number of hydrogen-bond donors (Lipinski definition) is 0. The lowest BCUT2D eigenvalue weighted by molar-refractivity contribution is 0.0962. The quantitative estimate of drug-likeness (QED) is 0.503. The number of halogens is 1. The second-order valence-corrected chi connectivity index (χ2v) is 7.42. The van der Waals surface area contributed by atoms with E-state index in [0.717, 1.165) is 32.1 Å². The zero-order valence-electron chi connectivity index (χ0n) is 14.1. The first-order valence-corrected chi connectivity index (χ1v) is 8.95. The number of fused-ring (bicyclic) bond motifs is 1. The van der Waals surface area contributed by atoms with Crippen LogP contribution in [-0.4, -0.2) is 10.8 Å². The van der Waals surface area contributed by atoms with Gasteiger partial charge in [-0.25, -0.2) is 4.98 Å². The van der Waals surface area contributed by atoms with Gasteiger partial charge in [-0.3, -0.25) is 4.79 Å². The maximum Gasteiger partial charge on any atom is 0.181 e. The van der Waals surface area contributed by atoms with Gasteiger partial charge in [-0.05, 0) is 47.7 Å². The van der Waals surface area contributed by atoms with Gasteiger partial charge in [-0.1, -0.05) is 60.1 Å². The summed E-state index contributed by atoms with van der Waals surface area (Å²) in [4.78, 5) is 17.4. The van der Waals surface area contributed by atoms with Crippen molar-refractivity contribution in [2.24, 2.45) is 5.92 Å². The molecule has 0 saturated carbocycles. The maximum absolute atomic E-state index is 12.7. The molecule has 3 heteroatoms. The second kappa shape index (κ2) is 6.86. The van der Waals surface area contributed by atoms with E-state index in [1.807, 2.05) is 37.3 Å². The number of carbonyl (C=O) groups excluding carboxylic acids is 1. The van der Waals surface area contributed by atoms with Gasteiger partial charge < -0.3 is 0 Å². The molecular formula is C21H20BrNO. The highest BCUT2D eigenvalue weighted by atomic mass is 79.9. The summed E-state index contributed by atoms with van der Waals surface area (Å²) in [5.74, 6) is 0.434. The van der Waals surface area contributed by atoms with E-state index >= 15 is 0 Å². The van der Waals surface area contributed by atoms with Crippen molar-refractivity contribution >= 4 is 32.6 Å². The molecule has 0 atom stereocenters. The normalized spacial score (nSPS) is 11.2. The maximum atomic E-state index is 12.7. The first-order chi connectivity index (χ1) is 11.5. The second-order valence-electron chi connectivity index (χ2n) is 6.51. The lowest BCUT2D eigenvalue weighted by Crippen LogP contribution is -2.09. The Morgan fingerprint density at radius 1 is 1.12 bits per heavy atom. The van der Waals surface area contributed by atoms with Crippen molar-refractivity contribution in [2.45, 2.75) is 27.2 Å². The van der Waals surface area contributed by atoms with E-state index in [1.165, 1.54) is 0 Å². The molecule has 0 unspecified atom stereocenters. The standard InChI is InChI=1S/C21H20BrNO/c1-13(2)11-19(24)21-14(3)20(15-7-5-4-6-8-15)17-12-16(22)9-10-18(17)23-21/h4-10,12-13H,11H2,1-3H3. The van der Waals surface area contributed by atoms with Crippen LogP contribution in [0.4, 0.5) is 0 Å². The number of nitrogens with zero attached hydrogens (tertiary/aromatic N) is 1. The van der Waals surface area contributed by atoms with Gasteiger partial charge in [0.05, 0.1) is 5.52 Å². The van der Waals surface area contributed by atoms with Gasteiger partial charge in [-0.2, -0.15) is 0 Å². The predicted octanol–water partition coefficient (Wildman–Crippen LogP) is 6.20. The van der Waals surface area contributed by atoms with Crippen LogP contribution in [0.15, 0.2) is 53.0 Å². The average Bonchev–Trinajstić information content (AvgIpc) is 2.54. The summed E-state index contributed by atoms with van der Waals surface area (Å²) >= 11 is 3.55. The minimum atomic E-state index is 0.115. The summed E-state index contributed by atoms with van der Waals surface area (Å²) in [6.45, 7) is 6.12. The number of benzene rings is 2. The Morgan fingerprint density at radius 3 is 2.50 bits per heavy atom. The van der Waals surface area contributed by atoms with E-state index in [9.17, 15) is 4.79 Å². The van der Waals surface area contributed by atoms with Crippen molar-refractivity contribution in [3.8, 4) is 11.1 Å². The van der Waals surface area contributed by atoms with E-state index in [-0.39, 0.29) is 5.78 Å². The van der Waals surface area contributed by atoms with Crippen LogP contribution in [0.5, 0.6) is 0 Å². The molecule has 122 valence electrons. The highest BCUT2D eigenvalue weighted by molar-refractivity contribution is 9.10. The van der Waals surface area contributed by atoms with Crippen LogP contribution in [0.2, 0.25) is 0 Å². The predicted molar refractivity (Wildman–Crippen MR) is 103 cm³/mol. The van der Waals surface area contributed by atoms with E-state index in [1.54, 1.807) is 0 Å². The van der Waals surface area contributed by atoms with Crippen LogP contribution >= 0.6 is 15.9 Å². The van der Waals surface area contributed by atoms with Crippen molar-refractivity contribution in [1.82, 2.24) is 4.98 Å². The van der Waals surface area contributed by atoms with E-state index < -0.39 is 0 Å². The van der Waals surface area contributed by atoms with Gasteiger partial charge in [0.15, 0.2) is 5.78 Å². The van der Waals surface area contributed by atoms with Crippen LogP contribution in [0, 0.1) is 12.8 Å². The Bertz CT molecular complexity index is 901. The van der Waals surface area contributed by atoms with Crippen molar-refractivity contribution < 1.29 is 4.79 Å². The smallest absolute Gasteiger partial charge is 0.181 e. The van der Waals surface area contributed by atoms with E-state index in [0.29, 0.717) is 18.0 Å². The Labute approximate surface area is 151 Å². The molecule has 0 spiro atoms. The summed E-state index contributed by atoms with van der Waals surface area (Å²) in [7, 11) is 0. The summed E-state index contributed by atoms with van der Waals surface area (Å²) in [6, 6.07) is 16.2. The van der Waals surface area contributed by atoms with Gasteiger partial charge in [-0.15, -0.1) is 0 Å². The first-order valence-electron chi connectivity index (χ1n) is 8.16. The monoisotopic (exact) mass is 381 g/mol. The molecule has 3 aromatic rings. The van der Waals surface area contributed by atoms with Crippen molar-refractivity contribution in [3.63, 3.8) is 0 Å². The fourth-order valence-corrected chi connectivity index (χ4v) is 3.41. The van der Waals surface area contributed by atoms with Crippen LogP contribution in [0.3, 0.4) is 0 Å². The summed E-state index contributed by atoms with van der Waals surface area (Å²) < 4.78 is 1.01. The molecule has 3 rings (SSSR count). The van der Waals surface area contributed by atoms with Gasteiger partial charge in [0.2, 0.25) is 0 Å². The lowest BCUT2D eigenvalue weighted by Gasteiger charge is -2.15. The first kappa shape index (κ1) is 16.8. The number of Topliss-reactive ketones (excluding diaryl/α,β-unsaturated/α-hetero) is 1. The zero-order valence-corrected chi connectivity index (χ0v) is 15.7. The molecule has 0 N–H and O–H groups in total. The van der Waals surface area contributed by atoms with Crippen molar-refractivity contribution in [1.29, 1.82) is 0 Å². The molecule has 2 nitrogen and oxygen atoms in total. The minimum absolute atomic E-state index is 0.115. The van der Waals surface area contributed by atoms with Gasteiger partial charge in [0.1, 0.15) is 5.69 Å². The third kappa shape index (κ3) is 3.27.